The van der Waals surface area contributed by atoms with Crippen molar-refractivity contribution in [3.63, 3.8) is 0 Å². The number of terminal acetylenes is 1. The normalized spacial score (nSPS) is 15.0. The summed E-state index contributed by atoms with van der Waals surface area (Å²) in [4.78, 5) is 0. The molecule has 11 heavy (non-hydrogen) atoms. The fraction of sp³-hybridized carbons (Fsp3) is 0.556. The first-order valence-corrected chi connectivity index (χ1v) is 3.48. The summed E-state index contributed by atoms with van der Waals surface area (Å²) in [5, 5.41) is 9.54. The van der Waals surface area contributed by atoms with Crippen molar-refractivity contribution in [1.82, 2.24) is 0 Å². The monoisotopic (exact) mass is 154 g/mol. The SMILES string of the molecule is C#CC(O)(CCC=C)COC. The Bertz CT molecular complexity index is 157. The summed E-state index contributed by atoms with van der Waals surface area (Å²) in [5.74, 6) is 2.30. The van der Waals surface area contributed by atoms with Gasteiger partial charge in [-0.2, -0.15) is 0 Å². The highest BCUT2D eigenvalue weighted by atomic mass is 16.5. The molecule has 1 N–H and O–H groups in total. The first-order valence-electron chi connectivity index (χ1n) is 3.48. The number of ether oxygens (including phenoxy) is 1. The first-order chi connectivity index (χ1) is 5.18. The zero-order valence-corrected chi connectivity index (χ0v) is 6.84. The predicted octanol–water partition coefficient (Wildman–Crippen LogP) is 0.963. The first kappa shape index (κ1) is 10.2. The molecule has 0 bridgehead atoms. The maximum absolute atomic E-state index is 9.54. The minimum Gasteiger partial charge on any atom is -0.381 e. The van der Waals surface area contributed by atoms with E-state index in [2.05, 4.69) is 12.5 Å². The van der Waals surface area contributed by atoms with Crippen molar-refractivity contribution >= 4 is 0 Å². The number of rotatable bonds is 5. The van der Waals surface area contributed by atoms with Gasteiger partial charge in [0.25, 0.3) is 0 Å². The average molecular weight is 154 g/mol. The highest BCUT2D eigenvalue weighted by molar-refractivity contribution is 5.07. The second-order valence-electron chi connectivity index (χ2n) is 2.44. The zero-order chi connectivity index (χ0) is 8.74. The van der Waals surface area contributed by atoms with Crippen LogP contribution in [0.2, 0.25) is 0 Å². The van der Waals surface area contributed by atoms with Crippen LogP contribution in [0.5, 0.6) is 0 Å². The Kier molecular flexibility index (Phi) is 4.60. The lowest BCUT2D eigenvalue weighted by Gasteiger charge is -2.19. The van der Waals surface area contributed by atoms with Crippen LogP contribution in [-0.4, -0.2) is 24.4 Å². The molecule has 1 unspecified atom stereocenters. The smallest absolute Gasteiger partial charge is 0.148 e. The molecule has 2 heteroatoms. The van der Waals surface area contributed by atoms with E-state index in [-0.39, 0.29) is 6.61 Å². The van der Waals surface area contributed by atoms with Gasteiger partial charge in [-0.05, 0) is 12.8 Å². The van der Waals surface area contributed by atoms with Crippen LogP contribution in [-0.2, 0) is 4.74 Å². The van der Waals surface area contributed by atoms with E-state index < -0.39 is 5.60 Å². The van der Waals surface area contributed by atoms with Gasteiger partial charge in [0.1, 0.15) is 5.60 Å². The second kappa shape index (κ2) is 4.95. The number of allylic oxidation sites excluding steroid dienone is 1. The maximum Gasteiger partial charge on any atom is 0.148 e. The fourth-order valence-corrected chi connectivity index (χ4v) is 0.766. The maximum atomic E-state index is 9.54. The van der Waals surface area contributed by atoms with Crippen LogP contribution in [0.4, 0.5) is 0 Å². The van der Waals surface area contributed by atoms with Crippen molar-refractivity contribution in [2.45, 2.75) is 18.4 Å². The van der Waals surface area contributed by atoms with Gasteiger partial charge in [-0.3, -0.25) is 0 Å². The second-order valence-corrected chi connectivity index (χ2v) is 2.44. The molecule has 0 aliphatic heterocycles. The topological polar surface area (TPSA) is 29.5 Å². The molecule has 0 saturated heterocycles. The number of aliphatic hydroxyl groups is 1. The molecule has 0 aromatic rings. The lowest BCUT2D eigenvalue weighted by Crippen LogP contribution is -2.31. The van der Waals surface area contributed by atoms with Gasteiger partial charge < -0.3 is 9.84 Å². The van der Waals surface area contributed by atoms with Gasteiger partial charge in [0.15, 0.2) is 0 Å². The Morgan fingerprint density at radius 1 is 1.82 bits per heavy atom. The molecule has 0 spiro atoms. The molecule has 0 aliphatic carbocycles. The van der Waals surface area contributed by atoms with E-state index in [1.54, 1.807) is 6.08 Å². The molecule has 1 atom stereocenters. The molecule has 2 nitrogen and oxygen atoms in total. The highest BCUT2D eigenvalue weighted by Crippen LogP contribution is 2.11. The highest BCUT2D eigenvalue weighted by Gasteiger charge is 2.22. The summed E-state index contributed by atoms with van der Waals surface area (Å²) in [6.07, 6.45) is 8.04. The van der Waals surface area contributed by atoms with Gasteiger partial charge in [0, 0.05) is 7.11 Å². The largest absolute Gasteiger partial charge is 0.381 e. The van der Waals surface area contributed by atoms with E-state index in [0.29, 0.717) is 12.8 Å². The number of methoxy groups -OCH3 is 1. The van der Waals surface area contributed by atoms with Gasteiger partial charge in [0.05, 0.1) is 6.61 Å². The van der Waals surface area contributed by atoms with Crippen molar-refractivity contribution < 1.29 is 9.84 Å². The van der Waals surface area contributed by atoms with E-state index >= 15 is 0 Å². The van der Waals surface area contributed by atoms with E-state index in [4.69, 9.17) is 11.2 Å². The Balaban J connectivity index is 3.90. The molecule has 0 heterocycles. The fourth-order valence-electron chi connectivity index (χ4n) is 0.766. The average Bonchev–Trinajstić information content (AvgIpc) is 2.02. The molecule has 0 aromatic heterocycles. The van der Waals surface area contributed by atoms with Crippen LogP contribution < -0.4 is 0 Å². The molecule has 0 amide bonds. The van der Waals surface area contributed by atoms with E-state index in [9.17, 15) is 5.11 Å². The van der Waals surface area contributed by atoms with Crippen LogP contribution in [0, 0.1) is 12.3 Å². The minimum atomic E-state index is -1.12. The number of hydrogen-bond acceptors (Lipinski definition) is 2. The van der Waals surface area contributed by atoms with Crippen molar-refractivity contribution in [1.29, 1.82) is 0 Å². The summed E-state index contributed by atoms with van der Waals surface area (Å²) in [5.41, 5.74) is -1.12. The van der Waals surface area contributed by atoms with Gasteiger partial charge in [-0.25, -0.2) is 0 Å². The molecule has 0 fully saturated rings. The molecular weight excluding hydrogens is 140 g/mol. The van der Waals surface area contributed by atoms with Crippen molar-refractivity contribution in [2.24, 2.45) is 0 Å². The van der Waals surface area contributed by atoms with Gasteiger partial charge in [-0.1, -0.05) is 12.0 Å². The van der Waals surface area contributed by atoms with E-state index in [0.717, 1.165) is 0 Å². The third-order valence-corrected chi connectivity index (χ3v) is 1.41. The number of hydrogen-bond donors (Lipinski definition) is 1. The summed E-state index contributed by atoms with van der Waals surface area (Å²) in [6.45, 7) is 3.72. The Labute approximate surface area is 67.9 Å². The standard InChI is InChI=1S/C9H14O2/c1-4-6-7-9(10,5-2)8-11-3/h2,4,10H,1,6-8H2,3H3. The third kappa shape index (κ3) is 3.82. The van der Waals surface area contributed by atoms with Crippen LogP contribution in [0.1, 0.15) is 12.8 Å². The van der Waals surface area contributed by atoms with E-state index in [1.165, 1.54) is 7.11 Å². The third-order valence-electron chi connectivity index (χ3n) is 1.41. The van der Waals surface area contributed by atoms with Crippen molar-refractivity contribution in [3.8, 4) is 12.3 Å². The molecule has 0 aromatic carbocycles. The summed E-state index contributed by atoms with van der Waals surface area (Å²) in [7, 11) is 1.51. The van der Waals surface area contributed by atoms with Crippen molar-refractivity contribution in [2.75, 3.05) is 13.7 Å². The van der Waals surface area contributed by atoms with Crippen LogP contribution >= 0.6 is 0 Å². The minimum absolute atomic E-state index is 0.178. The van der Waals surface area contributed by atoms with Crippen LogP contribution in [0.15, 0.2) is 12.7 Å². The molecule has 0 aliphatic rings. The summed E-state index contributed by atoms with van der Waals surface area (Å²) in [6, 6.07) is 0. The Morgan fingerprint density at radius 3 is 2.82 bits per heavy atom. The molecule has 0 radical (unpaired) electrons. The zero-order valence-electron chi connectivity index (χ0n) is 6.84. The molecule has 0 saturated carbocycles. The lowest BCUT2D eigenvalue weighted by atomic mass is 10.0. The lowest BCUT2D eigenvalue weighted by molar-refractivity contribution is 0.00850. The predicted molar refractivity (Wildman–Crippen MR) is 45.1 cm³/mol. The van der Waals surface area contributed by atoms with Crippen LogP contribution in [0.3, 0.4) is 0 Å². The molecular formula is C9H14O2. The van der Waals surface area contributed by atoms with Gasteiger partial charge in [0.2, 0.25) is 0 Å². The van der Waals surface area contributed by atoms with Crippen molar-refractivity contribution in [3.05, 3.63) is 12.7 Å². The molecule has 62 valence electrons. The molecule has 0 rings (SSSR count). The Hall–Kier alpha value is -0.780. The van der Waals surface area contributed by atoms with E-state index in [1.807, 2.05) is 0 Å². The summed E-state index contributed by atoms with van der Waals surface area (Å²) >= 11 is 0. The summed E-state index contributed by atoms with van der Waals surface area (Å²) < 4.78 is 4.77. The van der Waals surface area contributed by atoms with Gasteiger partial charge >= 0.3 is 0 Å². The quantitative estimate of drug-likeness (QED) is 0.472. The van der Waals surface area contributed by atoms with Crippen LogP contribution in [0.25, 0.3) is 0 Å². The van der Waals surface area contributed by atoms with Gasteiger partial charge in [-0.15, -0.1) is 13.0 Å². The Morgan fingerprint density at radius 2 is 2.45 bits per heavy atom.